The van der Waals surface area contributed by atoms with Gasteiger partial charge >= 0.3 is 0 Å². The third kappa shape index (κ3) is 4.37. The van der Waals surface area contributed by atoms with E-state index in [1.807, 2.05) is 0 Å². The second-order valence-electron chi connectivity index (χ2n) is 4.07. The summed E-state index contributed by atoms with van der Waals surface area (Å²) in [5.74, 6) is 0. The van der Waals surface area contributed by atoms with Crippen molar-refractivity contribution in [3.63, 3.8) is 0 Å². The lowest BCUT2D eigenvalue weighted by atomic mass is 10.3. The Labute approximate surface area is 86.4 Å². The minimum Gasteiger partial charge on any atom is -0.389 e. The van der Waals surface area contributed by atoms with Crippen LogP contribution in [0.15, 0.2) is 0 Å². The average Bonchev–Trinajstić information content (AvgIpc) is 2.32. The molecule has 14 heavy (non-hydrogen) atoms. The summed E-state index contributed by atoms with van der Waals surface area (Å²) in [6, 6.07) is 0. The fourth-order valence-electron chi connectivity index (χ4n) is 1.83. The molecule has 0 amide bonds. The maximum Gasteiger partial charge on any atom is 0.0900 e. The van der Waals surface area contributed by atoms with Crippen LogP contribution in [0.25, 0.3) is 0 Å². The molecule has 0 aromatic carbocycles. The summed E-state index contributed by atoms with van der Waals surface area (Å²) >= 11 is 0. The second kappa shape index (κ2) is 6.35. The van der Waals surface area contributed by atoms with Crippen LogP contribution < -0.4 is 0 Å². The highest BCUT2D eigenvalue weighted by Gasteiger charge is 2.14. The molecule has 0 aliphatic carbocycles. The first-order valence-corrected chi connectivity index (χ1v) is 5.30. The number of hydrogen-bond acceptors (Lipinski definition) is 4. The van der Waals surface area contributed by atoms with Gasteiger partial charge in [-0.15, -0.1) is 0 Å². The number of likely N-dealkylation sites (N-methyl/N-ethyl adjacent to an activating group) is 1. The predicted molar refractivity (Wildman–Crippen MR) is 56.4 cm³/mol. The topological polar surface area (TPSA) is 35.9 Å². The highest BCUT2D eigenvalue weighted by molar-refractivity contribution is 4.70. The van der Waals surface area contributed by atoms with Crippen molar-refractivity contribution in [2.24, 2.45) is 0 Å². The Bertz CT molecular complexity index is 155. The molecular weight excluding hydrogens is 180 g/mol. The van der Waals surface area contributed by atoms with Gasteiger partial charge in [0.1, 0.15) is 0 Å². The van der Waals surface area contributed by atoms with E-state index in [9.17, 15) is 5.11 Å². The quantitative estimate of drug-likeness (QED) is 0.675. The third-order valence-corrected chi connectivity index (χ3v) is 2.64. The molecular formula is C10H22N2O2. The molecule has 0 saturated carbocycles. The Balaban J connectivity index is 2.22. The van der Waals surface area contributed by atoms with Gasteiger partial charge < -0.3 is 14.7 Å². The largest absolute Gasteiger partial charge is 0.389 e. The molecule has 1 fully saturated rings. The maximum atomic E-state index is 9.58. The summed E-state index contributed by atoms with van der Waals surface area (Å²) in [5, 5.41) is 9.58. The lowest BCUT2D eigenvalue weighted by Gasteiger charge is -2.22. The van der Waals surface area contributed by atoms with Crippen molar-refractivity contribution in [1.82, 2.24) is 9.80 Å². The number of methoxy groups -OCH3 is 1. The first-order valence-electron chi connectivity index (χ1n) is 5.30. The van der Waals surface area contributed by atoms with Crippen LogP contribution in [-0.2, 0) is 4.74 Å². The van der Waals surface area contributed by atoms with Crippen molar-refractivity contribution in [3.8, 4) is 0 Å². The van der Waals surface area contributed by atoms with Crippen molar-refractivity contribution in [3.05, 3.63) is 0 Å². The lowest BCUT2D eigenvalue weighted by molar-refractivity contribution is 0.0387. The molecule has 84 valence electrons. The summed E-state index contributed by atoms with van der Waals surface area (Å²) in [4.78, 5) is 4.65. The molecule has 1 unspecified atom stereocenters. The number of nitrogens with zero attached hydrogens (tertiary/aromatic N) is 2. The summed E-state index contributed by atoms with van der Waals surface area (Å²) in [6.45, 7) is 5.58. The molecule has 0 aromatic rings. The number of aliphatic hydroxyl groups is 1. The van der Waals surface area contributed by atoms with E-state index in [2.05, 4.69) is 16.8 Å². The lowest BCUT2D eigenvalue weighted by Crippen LogP contribution is -2.37. The standard InChI is InChI=1S/C10H22N2O2/c1-11-4-3-5-12(7-6-11)8-10(13)9-14-2/h10,13H,3-9H2,1-2H3. The van der Waals surface area contributed by atoms with Gasteiger partial charge in [-0.1, -0.05) is 0 Å². The van der Waals surface area contributed by atoms with E-state index < -0.39 is 0 Å². The smallest absolute Gasteiger partial charge is 0.0900 e. The molecule has 0 aromatic heterocycles. The van der Waals surface area contributed by atoms with Gasteiger partial charge in [-0.3, -0.25) is 4.90 Å². The number of ether oxygens (including phenoxy) is 1. The first-order chi connectivity index (χ1) is 6.72. The van der Waals surface area contributed by atoms with Gasteiger partial charge in [-0.25, -0.2) is 0 Å². The van der Waals surface area contributed by atoms with E-state index in [1.165, 1.54) is 6.42 Å². The zero-order chi connectivity index (χ0) is 10.4. The monoisotopic (exact) mass is 202 g/mol. The van der Waals surface area contributed by atoms with E-state index in [0.717, 1.165) is 32.7 Å². The summed E-state index contributed by atoms with van der Waals surface area (Å²) in [6.07, 6.45) is 0.847. The Morgan fingerprint density at radius 3 is 2.79 bits per heavy atom. The van der Waals surface area contributed by atoms with Gasteiger partial charge in [0.2, 0.25) is 0 Å². The molecule has 0 bridgehead atoms. The second-order valence-corrected chi connectivity index (χ2v) is 4.07. The maximum absolute atomic E-state index is 9.58. The van der Waals surface area contributed by atoms with Crippen LogP contribution in [-0.4, -0.2) is 74.5 Å². The number of aliphatic hydroxyl groups excluding tert-OH is 1. The molecule has 1 N–H and O–H groups in total. The summed E-state index contributed by atoms with van der Waals surface area (Å²) in [7, 11) is 3.77. The number of β-amino-alcohol motifs (C(OH)–C–C–N with tert-alkyl or cyclic N) is 1. The van der Waals surface area contributed by atoms with Crippen LogP contribution in [0.5, 0.6) is 0 Å². The van der Waals surface area contributed by atoms with Gasteiger partial charge in [-0.05, 0) is 26.6 Å². The van der Waals surface area contributed by atoms with Crippen molar-refractivity contribution in [2.75, 3.05) is 53.5 Å². The molecule has 4 nitrogen and oxygen atoms in total. The van der Waals surface area contributed by atoms with Crippen LogP contribution in [0.4, 0.5) is 0 Å². The molecule has 0 radical (unpaired) electrons. The Morgan fingerprint density at radius 1 is 1.29 bits per heavy atom. The van der Waals surface area contributed by atoms with Gasteiger partial charge in [0.15, 0.2) is 0 Å². The van der Waals surface area contributed by atoms with Crippen molar-refractivity contribution < 1.29 is 9.84 Å². The highest BCUT2D eigenvalue weighted by Crippen LogP contribution is 2.02. The van der Waals surface area contributed by atoms with Crippen LogP contribution in [0, 0.1) is 0 Å². The van der Waals surface area contributed by atoms with Crippen LogP contribution in [0.3, 0.4) is 0 Å². The number of rotatable bonds is 4. The normalized spacial score (nSPS) is 23.4. The molecule has 1 atom stereocenters. The van der Waals surface area contributed by atoms with Crippen molar-refractivity contribution in [2.45, 2.75) is 12.5 Å². The zero-order valence-electron chi connectivity index (χ0n) is 9.28. The minimum absolute atomic E-state index is 0.344. The van der Waals surface area contributed by atoms with Gasteiger partial charge in [0.25, 0.3) is 0 Å². The first kappa shape index (κ1) is 11.9. The Hall–Kier alpha value is -0.160. The molecule has 1 saturated heterocycles. The van der Waals surface area contributed by atoms with Crippen molar-refractivity contribution in [1.29, 1.82) is 0 Å². The zero-order valence-corrected chi connectivity index (χ0v) is 9.28. The SMILES string of the molecule is COCC(O)CN1CCCN(C)CC1. The number of hydrogen-bond donors (Lipinski definition) is 1. The van der Waals surface area contributed by atoms with Gasteiger partial charge in [-0.2, -0.15) is 0 Å². The van der Waals surface area contributed by atoms with E-state index in [-0.39, 0.29) is 6.10 Å². The molecule has 0 spiro atoms. The minimum atomic E-state index is -0.344. The summed E-state index contributed by atoms with van der Waals surface area (Å²) in [5.41, 5.74) is 0. The molecule has 4 heteroatoms. The van der Waals surface area contributed by atoms with E-state index in [0.29, 0.717) is 6.61 Å². The van der Waals surface area contributed by atoms with E-state index in [4.69, 9.17) is 4.74 Å². The highest BCUT2D eigenvalue weighted by atomic mass is 16.5. The molecule has 1 aliphatic rings. The Morgan fingerprint density at radius 2 is 2.07 bits per heavy atom. The van der Waals surface area contributed by atoms with Gasteiger partial charge in [0, 0.05) is 26.7 Å². The van der Waals surface area contributed by atoms with Crippen LogP contribution >= 0.6 is 0 Å². The van der Waals surface area contributed by atoms with E-state index >= 15 is 0 Å². The van der Waals surface area contributed by atoms with E-state index in [1.54, 1.807) is 7.11 Å². The van der Waals surface area contributed by atoms with Crippen LogP contribution in [0.1, 0.15) is 6.42 Å². The predicted octanol–water partition coefficient (Wildman–Crippen LogP) is -0.369. The third-order valence-electron chi connectivity index (χ3n) is 2.64. The molecule has 1 heterocycles. The Kier molecular flexibility index (Phi) is 5.40. The summed E-state index contributed by atoms with van der Waals surface area (Å²) < 4.78 is 4.91. The molecule has 1 aliphatic heterocycles. The van der Waals surface area contributed by atoms with Crippen molar-refractivity contribution >= 4 is 0 Å². The molecule has 1 rings (SSSR count). The average molecular weight is 202 g/mol. The van der Waals surface area contributed by atoms with Crippen LogP contribution in [0.2, 0.25) is 0 Å². The van der Waals surface area contributed by atoms with Gasteiger partial charge in [0.05, 0.1) is 12.7 Å². The fraction of sp³-hybridized carbons (Fsp3) is 1.00. The fourth-order valence-corrected chi connectivity index (χ4v) is 1.83.